The van der Waals surface area contributed by atoms with Gasteiger partial charge in [0, 0.05) is 37.9 Å². The molecule has 2 aliphatic rings. The van der Waals surface area contributed by atoms with Crippen LogP contribution in [0, 0.1) is 12.8 Å². The van der Waals surface area contributed by atoms with Crippen molar-refractivity contribution in [3.05, 3.63) is 47.2 Å². The summed E-state index contributed by atoms with van der Waals surface area (Å²) in [6.07, 6.45) is 3.57. The zero-order chi connectivity index (χ0) is 16.5. The van der Waals surface area contributed by atoms with Gasteiger partial charge in [0.15, 0.2) is 0 Å². The molecule has 0 bridgehead atoms. The van der Waals surface area contributed by atoms with E-state index in [2.05, 4.69) is 54.0 Å². The molecule has 0 aliphatic carbocycles. The number of fused-ring (bicyclic) bond motifs is 1. The van der Waals surface area contributed by atoms with Crippen molar-refractivity contribution in [2.45, 2.75) is 39.7 Å². The highest BCUT2D eigenvalue weighted by atomic mass is 15.3. The van der Waals surface area contributed by atoms with E-state index in [0.717, 1.165) is 56.0 Å². The van der Waals surface area contributed by atoms with Crippen LogP contribution in [-0.4, -0.2) is 29.6 Å². The number of nitrogens with zero attached hydrogens (tertiary/aromatic N) is 4. The van der Waals surface area contributed by atoms with E-state index in [-0.39, 0.29) is 0 Å². The van der Waals surface area contributed by atoms with Crippen molar-refractivity contribution in [2.24, 2.45) is 5.92 Å². The van der Waals surface area contributed by atoms with E-state index in [9.17, 15) is 0 Å². The minimum absolute atomic E-state index is 0.823. The number of aromatic nitrogens is 2. The van der Waals surface area contributed by atoms with E-state index in [0.29, 0.717) is 0 Å². The van der Waals surface area contributed by atoms with Crippen molar-refractivity contribution in [3.8, 4) is 0 Å². The fourth-order valence-electron chi connectivity index (χ4n) is 3.74. The van der Waals surface area contributed by atoms with Crippen LogP contribution in [-0.2, 0) is 13.0 Å². The molecule has 4 nitrogen and oxygen atoms in total. The van der Waals surface area contributed by atoms with Gasteiger partial charge in [-0.05, 0) is 43.2 Å². The smallest absolute Gasteiger partial charge is 0.227 e. The minimum Gasteiger partial charge on any atom is -0.352 e. The third kappa shape index (κ3) is 3.10. The summed E-state index contributed by atoms with van der Waals surface area (Å²) in [5.41, 5.74) is 3.96. The molecule has 126 valence electrons. The van der Waals surface area contributed by atoms with Gasteiger partial charge in [-0.1, -0.05) is 31.2 Å². The van der Waals surface area contributed by atoms with Gasteiger partial charge in [-0.15, -0.1) is 0 Å². The predicted octanol–water partition coefficient (Wildman–Crippen LogP) is 3.58. The van der Waals surface area contributed by atoms with Gasteiger partial charge in [0.05, 0.1) is 0 Å². The second-order valence-electron chi connectivity index (χ2n) is 7.28. The first-order chi connectivity index (χ1) is 11.7. The molecule has 0 spiro atoms. The van der Waals surface area contributed by atoms with Crippen LogP contribution in [0.2, 0.25) is 0 Å². The number of rotatable bonds is 2. The Labute approximate surface area is 144 Å². The topological polar surface area (TPSA) is 32.3 Å². The van der Waals surface area contributed by atoms with E-state index < -0.39 is 0 Å². The lowest BCUT2D eigenvalue weighted by Gasteiger charge is -2.33. The fourth-order valence-corrected chi connectivity index (χ4v) is 3.74. The molecule has 2 aromatic rings. The predicted molar refractivity (Wildman–Crippen MR) is 98.6 cm³/mol. The van der Waals surface area contributed by atoms with E-state index in [1.165, 1.54) is 24.0 Å². The van der Waals surface area contributed by atoms with Crippen LogP contribution in [0.5, 0.6) is 0 Å². The van der Waals surface area contributed by atoms with Crippen LogP contribution in [0.4, 0.5) is 11.8 Å². The number of hydrogen-bond acceptors (Lipinski definition) is 4. The van der Waals surface area contributed by atoms with Gasteiger partial charge < -0.3 is 9.80 Å². The molecule has 2 aliphatic heterocycles. The summed E-state index contributed by atoms with van der Waals surface area (Å²) in [6, 6.07) is 10.9. The van der Waals surface area contributed by atoms with E-state index in [1.807, 2.05) is 0 Å². The Morgan fingerprint density at radius 3 is 2.50 bits per heavy atom. The van der Waals surface area contributed by atoms with Gasteiger partial charge in [-0.2, -0.15) is 4.98 Å². The lowest BCUT2D eigenvalue weighted by atomic mass is 9.99. The molecule has 24 heavy (non-hydrogen) atoms. The molecule has 3 heterocycles. The number of anilines is 2. The lowest BCUT2D eigenvalue weighted by molar-refractivity contribution is 0.434. The second kappa shape index (κ2) is 6.42. The fraction of sp³-hybridized carbons (Fsp3) is 0.500. The van der Waals surface area contributed by atoms with Crippen molar-refractivity contribution < 1.29 is 0 Å². The maximum atomic E-state index is 4.92. The van der Waals surface area contributed by atoms with Gasteiger partial charge in [0.2, 0.25) is 5.95 Å². The largest absolute Gasteiger partial charge is 0.352 e. The Bertz CT molecular complexity index is 719. The maximum Gasteiger partial charge on any atom is 0.227 e. The van der Waals surface area contributed by atoms with E-state index in [4.69, 9.17) is 9.97 Å². The van der Waals surface area contributed by atoms with Crippen molar-refractivity contribution in [3.63, 3.8) is 0 Å². The van der Waals surface area contributed by atoms with Gasteiger partial charge >= 0.3 is 0 Å². The summed E-state index contributed by atoms with van der Waals surface area (Å²) in [5, 5.41) is 0. The summed E-state index contributed by atoms with van der Waals surface area (Å²) in [7, 11) is 0. The number of piperidine rings is 1. The van der Waals surface area contributed by atoms with Crippen molar-refractivity contribution >= 4 is 11.8 Å². The van der Waals surface area contributed by atoms with Crippen molar-refractivity contribution in [1.82, 2.24) is 9.97 Å². The van der Waals surface area contributed by atoms with Crippen LogP contribution in [0.25, 0.3) is 0 Å². The average Bonchev–Trinajstić information content (AvgIpc) is 2.61. The number of benzene rings is 1. The molecular weight excluding hydrogens is 296 g/mol. The number of hydrogen-bond donors (Lipinski definition) is 0. The molecular formula is C20H26N4. The summed E-state index contributed by atoms with van der Waals surface area (Å²) in [5.74, 6) is 2.81. The molecule has 0 amide bonds. The first kappa shape index (κ1) is 15.4. The molecule has 0 N–H and O–H groups in total. The molecule has 4 rings (SSSR count). The van der Waals surface area contributed by atoms with Gasteiger partial charge in [0.25, 0.3) is 0 Å². The Balaban J connectivity index is 1.58. The SMILES string of the molecule is Cc1cc(N2CCc3ccccc3C2)nc(N2CCC(C)CC2)n1. The van der Waals surface area contributed by atoms with Crippen LogP contribution >= 0.6 is 0 Å². The third-order valence-electron chi connectivity index (χ3n) is 5.35. The summed E-state index contributed by atoms with van der Waals surface area (Å²) in [4.78, 5) is 14.4. The van der Waals surface area contributed by atoms with Gasteiger partial charge in [0.1, 0.15) is 5.82 Å². The number of aryl methyl sites for hydroxylation is 1. The molecule has 0 atom stereocenters. The van der Waals surface area contributed by atoms with Gasteiger partial charge in [-0.3, -0.25) is 0 Å². The minimum atomic E-state index is 0.823. The van der Waals surface area contributed by atoms with Crippen LogP contribution < -0.4 is 9.80 Å². The summed E-state index contributed by atoms with van der Waals surface area (Å²) in [6.45, 7) is 8.55. The second-order valence-corrected chi connectivity index (χ2v) is 7.28. The van der Waals surface area contributed by atoms with E-state index >= 15 is 0 Å². The third-order valence-corrected chi connectivity index (χ3v) is 5.35. The van der Waals surface area contributed by atoms with Gasteiger partial charge in [-0.25, -0.2) is 4.98 Å². The highest BCUT2D eigenvalue weighted by Crippen LogP contribution is 2.26. The molecule has 1 saturated heterocycles. The first-order valence-corrected chi connectivity index (χ1v) is 9.11. The molecule has 0 unspecified atom stereocenters. The maximum absolute atomic E-state index is 4.92. The molecule has 4 heteroatoms. The van der Waals surface area contributed by atoms with Crippen LogP contribution in [0.1, 0.15) is 36.6 Å². The highest BCUT2D eigenvalue weighted by Gasteiger charge is 2.21. The first-order valence-electron chi connectivity index (χ1n) is 9.11. The zero-order valence-electron chi connectivity index (χ0n) is 14.7. The zero-order valence-corrected chi connectivity index (χ0v) is 14.7. The van der Waals surface area contributed by atoms with Crippen LogP contribution in [0.15, 0.2) is 30.3 Å². The molecule has 1 aromatic heterocycles. The average molecular weight is 322 g/mol. The molecule has 0 saturated carbocycles. The van der Waals surface area contributed by atoms with Crippen molar-refractivity contribution in [1.29, 1.82) is 0 Å². The molecule has 0 radical (unpaired) electrons. The van der Waals surface area contributed by atoms with E-state index in [1.54, 1.807) is 0 Å². The molecule has 1 aromatic carbocycles. The normalized spacial score (nSPS) is 18.6. The Morgan fingerprint density at radius 1 is 0.958 bits per heavy atom. The van der Waals surface area contributed by atoms with Crippen LogP contribution in [0.3, 0.4) is 0 Å². The quantitative estimate of drug-likeness (QED) is 0.846. The Kier molecular flexibility index (Phi) is 4.13. The standard InChI is InChI=1S/C20H26N4/c1-15-7-10-23(11-8-15)20-21-16(2)13-19(22-20)24-12-9-17-5-3-4-6-18(17)14-24/h3-6,13,15H,7-12,14H2,1-2H3. The molecule has 1 fully saturated rings. The highest BCUT2D eigenvalue weighted by molar-refractivity contribution is 5.49. The summed E-state index contributed by atoms with van der Waals surface area (Å²) < 4.78 is 0. The lowest BCUT2D eigenvalue weighted by Crippen LogP contribution is -2.35. The summed E-state index contributed by atoms with van der Waals surface area (Å²) >= 11 is 0. The Hall–Kier alpha value is -2.10. The van der Waals surface area contributed by atoms with Crippen molar-refractivity contribution in [2.75, 3.05) is 29.4 Å². The monoisotopic (exact) mass is 322 g/mol. The Morgan fingerprint density at radius 2 is 1.71 bits per heavy atom.